The molecule has 212 valence electrons. The van der Waals surface area contributed by atoms with E-state index >= 15 is 0 Å². The van der Waals surface area contributed by atoms with Gasteiger partial charge < -0.3 is 39.4 Å². The van der Waals surface area contributed by atoms with Crippen LogP contribution in [0, 0.1) is 5.92 Å². The van der Waals surface area contributed by atoms with Crippen LogP contribution in [-0.4, -0.2) is 69.3 Å². The first-order valence-corrected chi connectivity index (χ1v) is 15.5. The van der Waals surface area contributed by atoms with Gasteiger partial charge in [-0.15, -0.1) is 5.10 Å². The third-order valence-corrected chi connectivity index (χ3v) is 9.31. The average Bonchev–Trinajstić information content (AvgIpc) is 3.67. The predicted octanol–water partition coefficient (Wildman–Crippen LogP) is 1.12. The molecule has 0 aromatic carbocycles. The molecule has 2 bridgehead atoms. The Labute approximate surface area is 231 Å². The molecule has 0 aliphatic carbocycles. The highest BCUT2D eigenvalue weighted by Crippen LogP contribution is 2.51. The Morgan fingerprint density at radius 3 is 2.90 bits per heavy atom. The van der Waals surface area contributed by atoms with Crippen LogP contribution in [0.25, 0.3) is 22.2 Å². The van der Waals surface area contributed by atoms with Crippen molar-refractivity contribution in [1.29, 1.82) is 0 Å². The highest BCUT2D eigenvalue weighted by Gasteiger charge is 2.44. The maximum absolute atomic E-state index is 12.2. The van der Waals surface area contributed by atoms with E-state index < -0.39 is 24.6 Å². The van der Waals surface area contributed by atoms with Gasteiger partial charge in [0.15, 0.2) is 17.4 Å². The Bertz CT molecular complexity index is 1690. The molecular formula is C22H27N10O6PS. The molecule has 3 fully saturated rings. The maximum Gasteiger partial charge on any atom is 0.325 e. The number of fused-ring (bicyclic) bond motifs is 5. The Balaban J connectivity index is 1.13. The Hall–Kier alpha value is -3.05. The summed E-state index contributed by atoms with van der Waals surface area (Å²) < 4.78 is 27.8. The summed E-state index contributed by atoms with van der Waals surface area (Å²) in [7, 11) is 0. The van der Waals surface area contributed by atoms with Gasteiger partial charge in [-0.2, -0.15) is 9.67 Å². The number of nitrogens with one attached hydrogen (secondary N) is 1. The molecule has 7 heterocycles. The Morgan fingerprint density at radius 2 is 2.02 bits per heavy atom. The zero-order valence-corrected chi connectivity index (χ0v) is 22.8. The van der Waals surface area contributed by atoms with Gasteiger partial charge in [0.05, 0.1) is 24.2 Å². The number of aromatic amines is 1. The number of H-pyrrole nitrogens is 1. The molecule has 3 saturated heterocycles. The molecular weight excluding hydrogens is 563 g/mol. The lowest BCUT2D eigenvalue weighted by Gasteiger charge is -2.26. The fraction of sp³-hybridized carbons (Fsp3) is 0.545. The molecule has 6 N–H and O–H groups in total. The summed E-state index contributed by atoms with van der Waals surface area (Å²) in [5.74, 6) is 0.471. The summed E-state index contributed by atoms with van der Waals surface area (Å²) in [5.41, 5.74) is 12.1. The number of ether oxygens (including phenoxy) is 2. The minimum atomic E-state index is -3.72. The highest BCUT2D eigenvalue weighted by atomic mass is 32.5. The first-order valence-electron chi connectivity index (χ1n) is 12.9. The van der Waals surface area contributed by atoms with Crippen molar-refractivity contribution in [2.45, 2.75) is 62.9 Å². The Kier molecular flexibility index (Phi) is 6.34. The van der Waals surface area contributed by atoms with Crippen LogP contribution in [0.3, 0.4) is 0 Å². The normalized spacial score (nSPS) is 33.1. The average molecular weight is 591 g/mol. The number of nitrogens with two attached hydrogens (primary N) is 2. The zero-order chi connectivity index (χ0) is 27.6. The van der Waals surface area contributed by atoms with Gasteiger partial charge in [0.1, 0.15) is 30.1 Å². The third kappa shape index (κ3) is 4.56. The van der Waals surface area contributed by atoms with Crippen LogP contribution in [0.15, 0.2) is 23.4 Å². The van der Waals surface area contributed by atoms with Crippen molar-refractivity contribution in [3.05, 3.63) is 28.9 Å². The van der Waals surface area contributed by atoms with E-state index in [0.717, 1.165) is 31.1 Å². The summed E-state index contributed by atoms with van der Waals surface area (Å²) in [6.45, 7) is -3.66. The predicted molar refractivity (Wildman–Crippen MR) is 144 cm³/mol. The van der Waals surface area contributed by atoms with E-state index in [1.54, 1.807) is 0 Å². The molecule has 3 aliphatic rings. The summed E-state index contributed by atoms with van der Waals surface area (Å²) in [6.07, 6.45) is 4.58. The van der Waals surface area contributed by atoms with Crippen LogP contribution >= 0.6 is 6.72 Å². The van der Waals surface area contributed by atoms with Crippen molar-refractivity contribution in [2.75, 3.05) is 18.1 Å². The molecule has 0 amide bonds. The van der Waals surface area contributed by atoms with Crippen molar-refractivity contribution < 1.29 is 23.4 Å². The van der Waals surface area contributed by atoms with Crippen LogP contribution in [-0.2, 0) is 30.3 Å². The number of rotatable bonds is 2. The van der Waals surface area contributed by atoms with Crippen LogP contribution in [0.4, 0.5) is 11.8 Å². The van der Waals surface area contributed by atoms with Gasteiger partial charge >= 0.3 is 6.72 Å². The maximum atomic E-state index is 12.2. The minimum Gasteiger partial charge on any atom is -0.383 e. The van der Waals surface area contributed by atoms with Crippen LogP contribution < -0.4 is 17.0 Å². The molecule has 7 rings (SSSR count). The van der Waals surface area contributed by atoms with Gasteiger partial charge in [0.2, 0.25) is 5.95 Å². The van der Waals surface area contributed by atoms with Crippen molar-refractivity contribution in [3.8, 4) is 0 Å². The molecule has 4 aromatic rings. The van der Waals surface area contributed by atoms with Gasteiger partial charge in [0.25, 0.3) is 5.56 Å². The van der Waals surface area contributed by atoms with Crippen molar-refractivity contribution in [1.82, 2.24) is 39.5 Å². The quantitative estimate of drug-likeness (QED) is 0.241. The first kappa shape index (κ1) is 25.9. The standard InChI is InChI=1S/C22H27N10O6PS/c23-17-12-4-5-31(18(12)26-9-25-17)15-6-10-2-1-3-11-7-13(38-39(34,40)35-8-14(10)37-15)21(36-11)32-19-16(29-30-32)20(33)28-22(24)27-19/h4-5,9-11,13-15,21H,1-3,6-8H2,(H,34,40)(H2,23,25,26)(H3,24,27,28,33)/t10-,11?,13+,14+,15+,21+,39?/m0/s1. The molecule has 0 spiro atoms. The van der Waals surface area contributed by atoms with E-state index in [4.69, 9.17) is 41.8 Å². The molecule has 16 nitrogen and oxygen atoms in total. The number of nitrogens with zero attached hydrogens (tertiary/aromatic N) is 7. The lowest BCUT2D eigenvalue weighted by Crippen LogP contribution is -2.26. The van der Waals surface area contributed by atoms with Crippen LogP contribution in [0.5, 0.6) is 0 Å². The summed E-state index contributed by atoms with van der Waals surface area (Å²) >= 11 is 5.39. The number of hydrogen-bond acceptors (Lipinski definition) is 13. The lowest BCUT2D eigenvalue weighted by atomic mass is 9.93. The van der Waals surface area contributed by atoms with E-state index in [-0.39, 0.29) is 48.1 Å². The molecule has 18 heteroatoms. The summed E-state index contributed by atoms with van der Waals surface area (Å²) in [4.78, 5) is 38.3. The van der Waals surface area contributed by atoms with E-state index in [1.165, 1.54) is 11.0 Å². The SMILES string of the molecule is Nc1nc2c(nnn2[C@@H]2OC3CCC[C@H]4C[C@H](n5ccc6c(N)ncnc65)O[C@@H]4COP(O)(=S)O[C@@H]2C3)c(=O)[nH]1. The summed E-state index contributed by atoms with van der Waals surface area (Å²) in [6, 6.07) is 1.87. The van der Waals surface area contributed by atoms with Gasteiger partial charge in [-0.25, -0.2) is 9.97 Å². The molecule has 0 radical (unpaired) electrons. The largest absolute Gasteiger partial charge is 0.383 e. The molecule has 40 heavy (non-hydrogen) atoms. The van der Waals surface area contributed by atoms with Crippen LogP contribution in [0.2, 0.25) is 0 Å². The lowest BCUT2D eigenvalue weighted by molar-refractivity contribution is -0.0454. The van der Waals surface area contributed by atoms with E-state index in [0.29, 0.717) is 17.9 Å². The second-order valence-electron chi connectivity index (χ2n) is 10.2. The number of nitrogen functional groups attached to an aromatic ring is 2. The smallest absolute Gasteiger partial charge is 0.325 e. The molecule has 0 saturated carbocycles. The van der Waals surface area contributed by atoms with Crippen molar-refractivity contribution in [2.24, 2.45) is 5.92 Å². The van der Waals surface area contributed by atoms with Gasteiger partial charge in [-0.1, -0.05) is 11.6 Å². The van der Waals surface area contributed by atoms with Gasteiger partial charge in [0, 0.05) is 12.6 Å². The topological polar surface area (TPSA) is 216 Å². The van der Waals surface area contributed by atoms with Gasteiger partial charge in [-0.05, 0) is 43.1 Å². The Morgan fingerprint density at radius 1 is 1.15 bits per heavy atom. The van der Waals surface area contributed by atoms with Crippen LogP contribution in [0.1, 0.15) is 44.6 Å². The fourth-order valence-electron chi connectivity index (χ4n) is 5.88. The number of anilines is 2. The first-order chi connectivity index (χ1) is 19.3. The second kappa shape index (κ2) is 9.80. The fourth-order valence-corrected chi connectivity index (χ4v) is 7.32. The molecule has 2 unspecified atom stereocenters. The molecule has 3 aliphatic heterocycles. The van der Waals surface area contributed by atoms with E-state index in [1.807, 2.05) is 16.8 Å². The number of aromatic nitrogens is 8. The van der Waals surface area contributed by atoms with Gasteiger partial charge in [-0.3, -0.25) is 9.78 Å². The monoisotopic (exact) mass is 590 g/mol. The summed E-state index contributed by atoms with van der Waals surface area (Å²) in [5, 5.41) is 8.77. The minimum absolute atomic E-state index is 0.0155. The van der Waals surface area contributed by atoms with Crippen molar-refractivity contribution >= 4 is 52.5 Å². The molecule has 4 aromatic heterocycles. The highest BCUT2D eigenvalue weighted by molar-refractivity contribution is 8.07. The van der Waals surface area contributed by atoms with E-state index in [2.05, 4.69) is 30.2 Å². The van der Waals surface area contributed by atoms with Crippen molar-refractivity contribution in [3.63, 3.8) is 0 Å². The zero-order valence-electron chi connectivity index (χ0n) is 21.1. The van der Waals surface area contributed by atoms with E-state index in [9.17, 15) is 9.69 Å². The number of hydrogen-bond donors (Lipinski definition) is 4. The molecule has 7 atom stereocenters. The third-order valence-electron chi connectivity index (χ3n) is 7.72. The second-order valence-corrected chi connectivity index (χ2v) is 13.0.